The normalized spacial score (nSPS) is 16.4. The number of hydrogen-bond acceptors (Lipinski definition) is 6. The summed E-state index contributed by atoms with van der Waals surface area (Å²) in [5.41, 5.74) is -1.25. The molecule has 164 valence electrons. The molecular formula is C20H38N2O6. The van der Waals surface area contributed by atoms with E-state index < -0.39 is 47.4 Å². The standard InChI is InChI=1S/C20H38N2O6/c1-11-12(2)14(17(24)26-10)21-16(23)15(13(3)27-19(4,5)6)22-18(25)28-20(7,8)9/h12-15H,11H2,1-10H3,(H,21,23)(H,22,25)/t12?,13?,14-,15-/m0/s1. The quantitative estimate of drug-likeness (QED) is 0.605. The number of rotatable bonds is 8. The Hall–Kier alpha value is -1.83. The highest BCUT2D eigenvalue weighted by molar-refractivity contribution is 5.90. The molecule has 8 heteroatoms. The van der Waals surface area contributed by atoms with Gasteiger partial charge in [0.25, 0.3) is 0 Å². The molecule has 2 amide bonds. The van der Waals surface area contributed by atoms with Crippen LogP contribution in [-0.4, -0.2) is 54.5 Å². The van der Waals surface area contributed by atoms with E-state index in [9.17, 15) is 14.4 Å². The van der Waals surface area contributed by atoms with Crippen molar-refractivity contribution in [2.24, 2.45) is 5.92 Å². The van der Waals surface area contributed by atoms with Crippen LogP contribution in [0, 0.1) is 5.92 Å². The third-order valence-electron chi connectivity index (χ3n) is 3.93. The monoisotopic (exact) mass is 402 g/mol. The van der Waals surface area contributed by atoms with Gasteiger partial charge in [-0.1, -0.05) is 20.3 Å². The summed E-state index contributed by atoms with van der Waals surface area (Å²) in [5.74, 6) is -1.22. The number of amides is 2. The number of nitrogens with one attached hydrogen (secondary N) is 2. The van der Waals surface area contributed by atoms with E-state index in [0.29, 0.717) is 6.42 Å². The largest absolute Gasteiger partial charge is 0.467 e. The Morgan fingerprint density at radius 1 is 0.893 bits per heavy atom. The van der Waals surface area contributed by atoms with Crippen molar-refractivity contribution in [3.05, 3.63) is 0 Å². The summed E-state index contributed by atoms with van der Waals surface area (Å²) in [4.78, 5) is 37.3. The van der Waals surface area contributed by atoms with Crippen molar-refractivity contribution in [2.75, 3.05) is 7.11 Å². The van der Waals surface area contributed by atoms with Crippen LogP contribution in [0.2, 0.25) is 0 Å². The molecule has 0 fully saturated rings. The van der Waals surface area contributed by atoms with Crippen LogP contribution in [0.15, 0.2) is 0 Å². The molecule has 2 N–H and O–H groups in total. The first-order valence-electron chi connectivity index (χ1n) is 9.66. The molecule has 0 radical (unpaired) electrons. The Morgan fingerprint density at radius 3 is 1.82 bits per heavy atom. The molecule has 0 spiro atoms. The van der Waals surface area contributed by atoms with Crippen LogP contribution >= 0.6 is 0 Å². The number of alkyl carbamates (subject to hydrolysis) is 1. The fourth-order valence-electron chi connectivity index (χ4n) is 2.50. The van der Waals surface area contributed by atoms with E-state index in [1.165, 1.54) is 7.11 Å². The first kappa shape index (κ1) is 26.2. The lowest BCUT2D eigenvalue weighted by Gasteiger charge is -2.32. The molecule has 0 aliphatic carbocycles. The molecule has 0 saturated carbocycles. The molecule has 0 aromatic heterocycles. The predicted octanol–water partition coefficient (Wildman–Crippen LogP) is 2.79. The molecule has 0 rings (SSSR count). The number of carbonyl (C=O) groups is 3. The van der Waals surface area contributed by atoms with Crippen LogP contribution in [0.3, 0.4) is 0 Å². The molecule has 28 heavy (non-hydrogen) atoms. The van der Waals surface area contributed by atoms with Gasteiger partial charge in [-0.2, -0.15) is 0 Å². The zero-order valence-corrected chi connectivity index (χ0v) is 19.0. The van der Waals surface area contributed by atoms with Gasteiger partial charge in [-0.15, -0.1) is 0 Å². The van der Waals surface area contributed by atoms with Crippen LogP contribution in [0.25, 0.3) is 0 Å². The first-order chi connectivity index (χ1) is 12.6. The summed E-state index contributed by atoms with van der Waals surface area (Å²) in [6, 6.07) is -1.88. The molecule has 0 bridgehead atoms. The van der Waals surface area contributed by atoms with Gasteiger partial charge >= 0.3 is 12.1 Å². The van der Waals surface area contributed by atoms with Gasteiger partial charge in [0.05, 0.1) is 18.8 Å². The molecule has 0 aromatic rings. The van der Waals surface area contributed by atoms with Gasteiger partial charge in [0.1, 0.15) is 17.7 Å². The van der Waals surface area contributed by atoms with E-state index in [2.05, 4.69) is 10.6 Å². The Balaban J connectivity index is 5.53. The topological polar surface area (TPSA) is 103 Å². The SMILES string of the molecule is CCC(C)[C@H](NC(=O)[C@@H](NC(=O)OC(C)(C)C)C(C)OC(C)(C)C)C(=O)OC. The highest BCUT2D eigenvalue weighted by atomic mass is 16.6. The number of carbonyl (C=O) groups excluding carboxylic acids is 3. The number of hydrogen-bond donors (Lipinski definition) is 2. The molecule has 0 heterocycles. The summed E-state index contributed by atoms with van der Waals surface area (Å²) in [6.45, 7) is 16.2. The highest BCUT2D eigenvalue weighted by Crippen LogP contribution is 2.16. The summed E-state index contributed by atoms with van der Waals surface area (Å²) < 4.78 is 15.9. The maximum atomic E-state index is 13.0. The third-order valence-corrected chi connectivity index (χ3v) is 3.93. The van der Waals surface area contributed by atoms with Gasteiger partial charge in [0, 0.05) is 0 Å². The van der Waals surface area contributed by atoms with Crippen molar-refractivity contribution >= 4 is 18.0 Å². The van der Waals surface area contributed by atoms with E-state index in [4.69, 9.17) is 14.2 Å². The summed E-state index contributed by atoms with van der Waals surface area (Å²) in [7, 11) is 1.27. The van der Waals surface area contributed by atoms with Crippen molar-refractivity contribution in [1.29, 1.82) is 0 Å². The summed E-state index contributed by atoms with van der Waals surface area (Å²) in [6.07, 6.45) is -0.740. The number of ether oxygens (including phenoxy) is 3. The maximum Gasteiger partial charge on any atom is 0.408 e. The van der Waals surface area contributed by atoms with E-state index in [0.717, 1.165) is 0 Å². The van der Waals surface area contributed by atoms with Gasteiger partial charge in [-0.3, -0.25) is 4.79 Å². The second kappa shape index (κ2) is 10.6. The lowest BCUT2D eigenvalue weighted by Crippen LogP contribution is -2.58. The average molecular weight is 403 g/mol. The molecule has 4 atom stereocenters. The van der Waals surface area contributed by atoms with Gasteiger partial charge in [0.2, 0.25) is 5.91 Å². The predicted molar refractivity (Wildman–Crippen MR) is 107 cm³/mol. The molecule has 2 unspecified atom stereocenters. The van der Waals surface area contributed by atoms with Crippen LogP contribution in [-0.2, 0) is 23.8 Å². The van der Waals surface area contributed by atoms with Crippen LogP contribution < -0.4 is 10.6 Å². The van der Waals surface area contributed by atoms with Gasteiger partial charge in [-0.25, -0.2) is 9.59 Å². The van der Waals surface area contributed by atoms with Gasteiger partial charge in [-0.05, 0) is 54.4 Å². The number of methoxy groups -OCH3 is 1. The zero-order valence-electron chi connectivity index (χ0n) is 19.0. The smallest absolute Gasteiger partial charge is 0.408 e. The van der Waals surface area contributed by atoms with Crippen LogP contribution in [0.1, 0.15) is 68.7 Å². The Morgan fingerprint density at radius 2 is 1.43 bits per heavy atom. The highest BCUT2D eigenvalue weighted by Gasteiger charge is 2.35. The lowest BCUT2D eigenvalue weighted by molar-refractivity contribution is -0.148. The average Bonchev–Trinajstić information content (AvgIpc) is 2.52. The van der Waals surface area contributed by atoms with Crippen molar-refractivity contribution in [2.45, 2.75) is 98.1 Å². The van der Waals surface area contributed by atoms with E-state index in [-0.39, 0.29) is 5.92 Å². The summed E-state index contributed by atoms with van der Waals surface area (Å²) in [5, 5.41) is 5.25. The van der Waals surface area contributed by atoms with E-state index >= 15 is 0 Å². The van der Waals surface area contributed by atoms with Crippen molar-refractivity contribution in [1.82, 2.24) is 10.6 Å². The minimum Gasteiger partial charge on any atom is -0.467 e. The Labute approximate surface area is 169 Å². The first-order valence-corrected chi connectivity index (χ1v) is 9.66. The number of esters is 1. The second-order valence-corrected chi connectivity index (χ2v) is 8.95. The van der Waals surface area contributed by atoms with Crippen molar-refractivity contribution in [3.63, 3.8) is 0 Å². The molecule has 0 aliphatic rings. The van der Waals surface area contributed by atoms with Gasteiger partial charge < -0.3 is 24.8 Å². The zero-order chi connectivity index (χ0) is 22.3. The third kappa shape index (κ3) is 9.92. The van der Waals surface area contributed by atoms with Crippen molar-refractivity contribution < 1.29 is 28.6 Å². The van der Waals surface area contributed by atoms with E-state index in [1.54, 1.807) is 27.7 Å². The molecular weight excluding hydrogens is 364 g/mol. The maximum absolute atomic E-state index is 13.0. The molecule has 0 aliphatic heterocycles. The molecule has 0 saturated heterocycles. The van der Waals surface area contributed by atoms with Crippen molar-refractivity contribution in [3.8, 4) is 0 Å². The molecule has 0 aromatic carbocycles. The second-order valence-electron chi connectivity index (χ2n) is 8.95. The fraction of sp³-hybridized carbons (Fsp3) is 0.850. The summed E-state index contributed by atoms with van der Waals surface area (Å²) >= 11 is 0. The lowest BCUT2D eigenvalue weighted by atomic mass is 9.98. The van der Waals surface area contributed by atoms with Crippen LogP contribution in [0.5, 0.6) is 0 Å². The van der Waals surface area contributed by atoms with Crippen LogP contribution in [0.4, 0.5) is 4.79 Å². The van der Waals surface area contributed by atoms with Gasteiger partial charge in [0.15, 0.2) is 0 Å². The fourth-order valence-corrected chi connectivity index (χ4v) is 2.50. The Kier molecular flexibility index (Phi) is 9.95. The van der Waals surface area contributed by atoms with E-state index in [1.807, 2.05) is 34.6 Å². The minimum atomic E-state index is -1.05. The Bertz CT molecular complexity index is 536. The molecule has 8 nitrogen and oxygen atoms in total. The minimum absolute atomic E-state index is 0.141.